The van der Waals surface area contributed by atoms with Crippen LogP contribution in [-0.4, -0.2) is 25.6 Å². The minimum atomic E-state index is 0.629. The quantitative estimate of drug-likeness (QED) is 0.883. The Morgan fingerprint density at radius 1 is 1.11 bits per heavy atom. The number of rotatable bonds is 5. The third-order valence-corrected chi connectivity index (χ3v) is 2.96. The van der Waals surface area contributed by atoms with Gasteiger partial charge >= 0.3 is 0 Å². The van der Waals surface area contributed by atoms with E-state index in [1.807, 2.05) is 32.0 Å². The molecule has 1 N–H and O–H groups in total. The summed E-state index contributed by atoms with van der Waals surface area (Å²) in [7, 11) is 0. The molecule has 19 heavy (non-hydrogen) atoms. The largest absolute Gasteiger partial charge is 0.490 e. The Morgan fingerprint density at radius 3 is 2.58 bits per heavy atom. The normalized spacial score (nSPS) is 14.7. The van der Waals surface area contributed by atoms with Gasteiger partial charge in [-0.2, -0.15) is 0 Å². The third-order valence-electron chi connectivity index (χ3n) is 2.96. The predicted molar refractivity (Wildman–Crippen MR) is 78.6 cm³/mol. The molecule has 0 spiro atoms. The van der Waals surface area contributed by atoms with Crippen molar-refractivity contribution in [3.63, 3.8) is 0 Å². The van der Waals surface area contributed by atoms with Crippen LogP contribution in [-0.2, 0) is 0 Å². The molecule has 0 aromatic heterocycles. The molecule has 2 rings (SSSR count). The number of aliphatic imine (C=N–C) groups is 1. The molecular formula is C15H22N2O2. The van der Waals surface area contributed by atoms with Gasteiger partial charge in [0.25, 0.3) is 0 Å². The second-order valence-corrected chi connectivity index (χ2v) is 4.44. The summed E-state index contributed by atoms with van der Waals surface area (Å²) in [6, 6.07) is 5.93. The monoisotopic (exact) mass is 262 g/mol. The summed E-state index contributed by atoms with van der Waals surface area (Å²) in [6.45, 7) is 6.14. The summed E-state index contributed by atoms with van der Waals surface area (Å²) in [5.41, 5.74) is 1.01. The van der Waals surface area contributed by atoms with Crippen LogP contribution in [0.1, 0.15) is 33.1 Å². The summed E-state index contributed by atoms with van der Waals surface area (Å²) < 4.78 is 11.2. The predicted octanol–water partition coefficient (Wildman–Crippen LogP) is 3.48. The topological polar surface area (TPSA) is 42.8 Å². The molecule has 0 aliphatic carbocycles. The van der Waals surface area contributed by atoms with Gasteiger partial charge in [-0.15, -0.1) is 0 Å². The molecule has 1 aliphatic rings. The molecule has 0 atom stereocenters. The fraction of sp³-hybridized carbons (Fsp3) is 0.533. The van der Waals surface area contributed by atoms with E-state index in [1.165, 1.54) is 12.8 Å². The lowest BCUT2D eigenvalue weighted by atomic mass is 10.1. The molecule has 0 unspecified atom stereocenters. The van der Waals surface area contributed by atoms with Gasteiger partial charge in [-0.3, -0.25) is 4.99 Å². The molecular weight excluding hydrogens is 240 g/mol. The summed E-state index contributed by atoms with van der Waals surface area (Å²) in [5, 5.41) is 3.36. The fourth-order valence-electron chi connectivity index (χ4n) is 2.09. The van der Waals surface area contributed by atoms with Gasteiger partial charge < -0.3 is 14.8 Å². The molecule has 0 fully saturated rings. The molecule has 0 radical (unpaired) electrons. The zero-order chi connectivity index (χ0) is 13.5. The van der Waals surface area contributed by atoms with Gasteiger partial charge in [0, 0.05) is 24.7 Å². The summed E-state index contributed by atoms with van der Waals surface area (Å²) >= 11 is 0. The van der Waals surface area contributed by atoms with E-state index in [0.717, 1.165) is 36.0 Å². The van der Waals surface area contributed by atoms with Gasteiger partial charge in [-0.05, 0) is 38.8 Å². The number of amidine groups is 1. The third kappa shape index (κ3) is 3.88. The maximum absolute atomic E-state index is 5.61. The Morgan fingerprint density at radius 2 is 1.89 bits per heavy atom. The van der Waals surface area contributed by atoms with Gasteiger partial charge in [-0.25, -0.2) is 0 Å². The van der Waals surface area contributed by atoms with Crippen LogP contribution >= 0.6 is 0 Å². The number of nitrogens with zero attached hydrogens (tertiary/aromatic N) is 1. The lowest BCUT2D eigenvalue weighted by Gasteiger charge is -2.16. The first kappa shape index (κ1) is 13.7. The maximum atomic E-state index is 5.61. The second kappa shape index (κ2) is 7.02. The lowest BCUT2D eigenvalue weighted by Crippen LogP contribution is -2.16. The lowest BCUT2D eigenvalue weighted by molar-refractivity contribution is 0.288. The molecule has 1 aromatic rings. The van der Waals surface area contributed by atoms with E-state index >= 15 is 0 Å². The van der Waals surface area contributed by atoms with Crippen molar-refractivity contribution in [1.29, 1.82) is 0 Å². The number of nitrogens with one attached hydrogen (secondary N) is 1. The van der Waals surface area contributed by atoms with E-state index in [1.54, 1.807) is 0 Å². The minimum absolute atomic E-state index is 0.629. The first-order valence-electron chi connectivity index (χ1n) is 7.03. The Bertz CT molecular complexity index is 444. The Hall–Kier alpha value is -1.71. The van der Waals surface area contributed by atoms with Crippen LogP contribution in [0.3, 0.4) is 0 Å². The molecule has 0 saturated heterocycles. The highest BCUT2D eigenvalue weighted by atomic mass is 16.5. The van der Waals surface area contributed by atoms with Gasteiger partial charge in [-0.1, -0.05) is 0 Å². The smallest absolute Gasteiger partial charge is 0.163 e. The molecule has 4 nitrogen and oxygen atoms in total. The molecule has 0 bridgehead atoms. The van der Waals surface area contributed by atoms with Crippen molar-refractivity contribution in [2.75, 3.05) is 25.1 Å². The Kier molecular flexibility index (Phi) is 5.07. The first-order valence-corrected chi connectivity index (χ1v) is 7.03. The van der Waals surface area contributed by atoms with Gasteiger partial charge in [0.15, 0.2) is 11.5 Å². The molecule has 0 saturated carbocycles. The molecule has 1 heterocycles. The molecule has 104 valence electrons. The standard InChI is InChI=1S/C15H22N2O2/c1-3-18-13-9-8-12(11-14(13)19-4-2)17-15-7-5-6-10-16-15/h8-9,11H,3-7,10H2,1-2H3,(H,16,17). The fourth-order valence-corrected chi connectivity index (χ4v) is 2.09. The zero-order valence-electron chi connectivity index (χ0n) is 11.7. The van der Waals surface area contributed by atoms with Gasteiger partial charge in [0.2, 0.25) is 0 Å². The summed E-state index contributed by atoms with van der Waals surface area (Å²) in [6.07, 6.45) is 3.43. The SMILES string of the molecule is CCOc1ccc(NC2=NCCCC2)cc1OCC. The Balaban J connectivity index is 2.12. The average molecular weight is 262 g/mol. The van der Waals surface area contributed by atoms with Crippen LogP contribution in [0.2, 0.25) is 0 Å². The van der Waals surface area contributed by atoms with Crippen molar-refractivity contribution in [1.82, 2.24) is 0 Å². The number of anilines is 1. The molecule has 1 aromatic carbocycles. The number of benzene rings is 1. The van der Waals surface area contributed by atoms with Gasteiger partial charge in [0.1, 0.15) is 5.84 Å². The van der Waals surface area contributed by atoms with E-state index in [-0.39, 0.29) is 0 Å². The maximum Gasteiger partial charge on any atom is 0.163 e. The first-order chi connectivity index (χ1) is 9.33. The number of hydrogen-bond donors (Lipinski definition) is 1. The zero-order valence-corrected chi connectivity index (χ0v) is 11.7. The highest BCUT2D eigenvalue weighted by Crippen LogP contribution is 2.30. The van der Waals surface area contributed by atoms with Crippen LogP contribution in [0, 0.1) is 0 Å². The summed E-state index contributed by atoms with van der Waals surface area (Å²) in [4.78, 5) is 4.49. The number of hydrogen-bond acceptors (Lipinski definition) is 4. The van der Waals surface area contributed by atoms with Crippen molar-refractivity contribution in [2.24, 2.45) is 4.99 Å². The summed E-state index contributed by atoms with van der Waals surface area (Å²) in [5.74, 6) is 2.64. The molecule has 4 heteroatoms. The number of ether oxygens (including phenoxy) is 2. The highest BCUT2D eigenvalue weighted by molar-refractivity contribution is 5.96. The van der Waals surface area contributed by atoms with Crippen molar-refractivity contribution >= 4 is 11.5 Å². The van der Waals surface area contributed by atoms with Crippen molar-refractivity contribution in [2.45, 2.75) is 33.1 Å². The Labute approximate surface area is 114 Å². The van der Waals surface area contributed by atoms with E-state index in [9.17, 15) is 0 Å². The van der Waals surface area contributed by atoms with Crippen molar-refractivity contribution in [3.8, 4) is 11.5 Å². The van der Waals surface area contributed by atoms with E-state index in [2.05, 4.69) is 10.3 Å². The van der Waals surface area contributed by atoms with E-state index in [4.69, 9.17) is 9.47 Å². The molecule has 0 amide bonds. The van der Waals surface area contributed by atoms with Crippen LogP contribution < -0.4 is 14.8 Å². The highest BCUT2D eigenvalue weighted by Gasteiger charge is 2.09. The average Bonchev–Trinajstić information content (AvgIpc) is 2.43. The van der Waals surface area contributed by atoms with Crippen molar-refractivity contribution in [3.05, 3.63) is 18.2 Å². The van der Waals surface area contributed by atoms with Crippen molar-refractivity contribution < 1.29 is 9.47 Å². The minimum Gasteiger partial charge on any atom is -0.490 e. The van der Waals surface area contributed by atoms with Crippen LogP contribution in [0.25, 0.3) is 0 Å². The van der Waals surface area contributed by atoms with Crippen LogP contribution in [0.4, 0.5) is 5.69 Å². The van der Waals surface area contributed by atoms with E-state index in [0.29, 0.717) is 13.2 Å². The van der Waals surface area contributed by atoms with Crippen LogP contribution in [0.15, 0.2) is 23.2 Å². The van der Waals surface area contributed by atoms with Gasteiger partial charge in [0.05, 0.1) is 13.2 Å². The second-order valence-electron chi connectivity index (χ2n) is 4.44. The molecule has 1 aliphatic heterocycles. The van der Waals surface area contributed by atoms with E-state index < -0.39 is 0 Å². The van der Waals surface area contributed by atoms with Crippen LogP contribution in [0.5, 0.6) is 11.5 Å².